The molecule has 0 aliphatic heterocycles. The summed E-state index contributed by atoms with van der Waals surface area (Å²) in [6.07, 6.45) is 7.72. The Morgan fingerprint density at radius 1 is 1.30 bits per heavy atom. The van der Waals surface area contributed by atoms with Crippen molar-refractivity contribution < 1.29 is 4.79 Å². The van der Waals surface area contributed by atoms with Gasteiger partial charge in [-0.1, -0.05) is 26.7 Å². The van der Waals surface area contributed by atoms with Crippen LogP contribution in [-0.2, 0) is 4.79 Å². The minimum absolute atomic E-state index is 0.204. The molecule has 20 heavy (non-hydrogen) atoms. The zero-order chi connectivity index (χ0) is 14.8. The molecular formula is C16H33N3O. The summed E-state index contributed by atoms with van der Waals surface area (Å²) in [6.45, 7) is 8.00. The number of nitrogens with two attached hydrogens (primary N) is 1. The van der Waals surface area contributed by atoms with Crippen molar-refractivity contribution in [3.05, 3.63) is 0 Å². The van der Waals surface area contributed by atoms with Crippen molar-refractivity contribution in [1.82, 2.24) is 10.2 Å². The van der Waals surface area contributed by atoms with Gasteiger partial charge in [-0.15, -0.1) is 0 Å². The highest BCUT2D eigenvalue weighted by Gasteiger charge is 2.27. The first kappa shape index (κ1) is 17.4. The van der Waals surface area contributed by atoms with E-state index in [0.29, 0.717) is 12.3 Å². The third-order valence-corrected chi connectivity index (χ3v) is 4.24. The second-order valence-corrected chi connectivity index (χ2v) is 5.98. The molecule has 0 bridgehead atoms. The highest BCUT2D eigenvalue weighted by molar-refractivity contribution is 5.75. The van der Waals surface area contributed by atoms with E-state index in [1.54, 1.807) is 0 Å². The van der Waals surface area contributed by atoms with Crippen LogP contribution in [0.1, 0.15) is 58.8 Å². The van der Waals surface area contributed by atoms with E-state index in [0.717, 1.165) is 45.1 Å². The van der Waals surface area contributed by atoms with Crippen LogP contribution in [0.3, 0.4) is 0 Å². The molecule has 4 heteroatoms. The predicted molar refractivity (Wildman–Crippen MR) is 84.6 cm³/mol. The fourth-order valence-electron chi connectivity index (χ4n) is 2.88. The Hall–Kier alpha value is -0.610. The van der Waals surface area contributed by atoms with E-state index in [-0.39, 0.29) is 5.91 Å². The molecule has 118 valence electrons. The largest absolute Gasteiger partial charge is 0.355 e. The van der Waals surface area contributed by atoms with Gasteiger partial charge >= 0.3 is 0 Å². The first-order chi connectivity index (χ1) is 9.71. The summed E-state index contributed by atoms with van der Waals surface area (Å²) < 4.78 is 0. The molecule has 0 heterocycles. The number of hydrogen-bond acceptors (Lipinski definition) is 3. The van der Waals surface area contributed by atoms with Crippen LogP contribution in [0.2, 0.25) is 0 Å². The summed E-state index contributed by atoms with van der Waals surface area (Å²) in [5.41, 5.74) is 5.62. The topological polar surface area (TPSA) is 58.4 Å². The van der Waals surface area contributed by atoms with Crippen molar-refractivity contribution in [1.29, 1.82) is 0 Å². The minimum atomic E-state index is 0.204. The lowest BCUT2D eigenvalue weighted by atomic mass is 9.94. The molecular weight excluding hydrogens is 250 g/mol. The normalized spacial score (nSPS) is 16.4. The van der Waals surface area contributed by atoms with Crippen LogP contribution in [0, 0.1) is 5.92 Å². The standard InChI is InChI=1S/C16H33N3O/c1-3-5-14(10-11-17)6-9-16(20)18-12-13-19(4-2)15-7-8-15/h14-15H,3-13,17H2,1-2H3,(H,18,20). The molecule has 0 aromatic heterocycles. The summed E-state index contributed by atoms with van der Waals surface area (Å²) in [4.78, 5) is 14.3. The van der Waals surface area contributed by atoms with Crippen molar-refractivity contribution in [2.75, 3.05) is 26.2 Å². The van der Waals surface area contributed by atoms with Gasteiger partial charge in [0.15, 0.2) is 0 Å². The van der Waals surface area contributed by atoms with Gasteiger partial charge in [-0.25, -0.2) is 0 Å². The molecule has 1 rings (SSSR count). The van der Waals surface area contributed by atoms with E-state index in [1.807, 2.05) is 0 Å². The van der Waals surface area contributed by atoms with Gasteiger partial charge in [0, 0.05) is 25.6 Å². The summed E-state index contributed by atoms with van der Waals surface area (Å²) >= 11 is 0. The zero-order valence-electron chi connectivity index (χ0n) is 13.4. The lowest BCUT2D eigenvalue weighted by molar-refractivity contribution is -0.121. The lowest BCUT2D eigenvalue weighted by Crippen LogP contribution is -2.36. The van der Waals surface area contributed by atoms with Crippen molar-refractivity contribution in [3.63, 3.8) is 0 Å². The summed E-state index contributed by atoms with van der Waals surface area (Å²) in [5.74, 6) is 0.823. The Morgan fingerprint density at radius 3 is 2.60 bits per heavy atom. The SMILES string of the molecule is CCCC(CCN)CCC(=O)NCCN(CC)C1CC1. The van der Waals surface area contributed by atoms with Crippen molar-refractivity contribution in [3.8, 4) is 0 Å². The molecule has 0 aromatic rings. The van der Waals surface area contributed by atoms with Crippen molar-refractivity contribution in [2.24, 2.45) is 11.7 Å². The molecule has 1 atom stereocenters. The molecule has 1 saturated carbocycles. The number of amides is 1. The van der Waals surface area contributed by atoms with Gasteiger partial charge in [-0.2, -0.15) is 0 Å². The van der Waals surface area contributed by atoms with Gasteiger partial charge in [-0.3, -0.25) is 9.69 Å². The molecule has 1 amide bonds. The Morgan fingerprint density at radius 2 is 2.05 bits per heavy atom. The molecule has 0 saturated heterocycles. The van der Waals surface area contributed by atoms with Crippen LogP contribution in [0.15, 0.2) is 0 Å². The summed E-state index contributed by atoms with van der Waals surface area (Å²) in [5, 5.41) is 3.06. The molecule has 1 unspecified atom stereocenters. The molecule has 0 aromatic carbocycles. The second kappa shape index (κ2) is 10.2. The maximum Gasteiger partial charge on any atom is 0.220 e. The average molecular weight is 283 g/mol. The van der Waals surface area contributed by atoms with Crippen LogP contribution in [0.25, 0.3) is 0 Å². The molecule has 0 radical (unpaired) electrons. The number of likely N-dealkylation sites (N-methyl/N-ethyl adjacent to an activating group) is 1. The van der Waals surface area contributed by atoms with E-state index >= 15 is 0 Å². The van der Waals surface area contributed by atoms with E-state index in [4.69, 9.17) is 5.73 Å². The summed E-state index contributed by atoms with van der Waals surface area (Å²) in [6, 6.07) is 0.787. The maximum absolute atomic E-state index is 11.9. The van der Waals surface area contributed by atoms with Gasteiger partial charge in [0.1, 0.15) is 0 Å². The van der Waals surface area contributed by atoms with Crippen LogP contribution < -0.4 is 11.1 Å². The zero-order valence-corrected chi connectivity index (χ0v) is 13.4. The highest BCUT2D eigenvalue weighted by atomic mass is 16.1. The third kappa shape index (κ3) is 7.25. The first-order valence-electron chi connectivity index (χ1n) is 8.42. The van der Waals surface area contributed by atoms with E-state index < -0.39 is 0 Å². The van der Waals surface area contributed by atoms with Gasteiger partial charge in [-0.05, 0) is 44.7 Å². The molecule has 1 aliphatic rings. The number of carbonyl (C=O) groups is 1. The van der Waals surface area contributed by atoms with Crippen LogP contribution in [0.4, 0.5) is 0 Å². The third-order valence-electron chi connectivity index (χ3n) is 4.24. The molecule has 1 aliphatic carbocycles. The number of carbonyl (C=O) groups excluding carboxylic acids is 1. The monoisotopic (exact) mass is 283 g/mol. The number of nitrogens with one attached hydrogen (secondary N) is 1. The molecule has 4 nitrogen and oxygen atoms in total. The fraction of sp³-hybridized carbons (Fsp3) is 0.938. The Balaban J connectivity index is 2.09. The minimum Gasteiger partial charge on any atom is -0.355 e. The van der Waals surface area contributed by atoms with E-state index in [1.165, 1.54) is 25.7 Å². The lowest BCUT2D eigenvalue weighted by Gasteiger charge is -2.20. The van der Waals surface area contributed by atoms with Gasteiger partial charge < -0.3 is 11.1 Å². The smallest absolute Gasteiger partial charge is 0.220 e. The fourth-order valence-corrected chi connectivity index (χ4v) is 2.88. The number of nitrogens with zero attached hydrogens (tertiary/aromatic N) is 1. The molecule has 0 spiro atoms. The highest BCUT2D eigenvalue weighted by Crippen LogP contribution is 2.25. The molecule has 1 fully saturated rings. The van der Waals surface area contributed by atoms with Crippen LogP contribution in [-0.4, -0.2) is 43.0 Å². The van der Waals surface area contributed by atoms with E-state index in [9.17, 15) is 4.79 Å². The Labute approximate surface area is 124 Å². The predicted octanol–water partition coefficient (Wildman–Crippen LogP) is 2.13. The van der Waals surface area contributed by atoms with Crippen LogP contribution >= 0.6 is 0 Å². The second-order valence-electron chi connectivity index (χ2n) is 5.98. The number of hydrogen-bond donors (Lipinski definition) is 2. The van der Waals surface area contributed by atoms with Gasteiger partial charge in [0.05, 0.1) is 0 Å². The number of rotatable bonds is 12. The summed E-state index contributed by atoms with van der Waals surface area (Å²) in [7, 11) is 0. The van der Waals surface area contributed by atoms with Gasteiger partial charge in [0.25, 0.3) is 0 Å². The van der Waals surface area contributed by atoms with Crippen molar-refractivity contribution >= 4 is 5.91 Å². The first-order valence-corrected chi connectivity index (χ1v) is 8.42. The van der Waals surface area contributed by atoms with E-state index in [2.05, 4.69) is 24.1 Å². The van der Waals surface area contributed by atoms with Crippen molar-refractivity contribution in [2.45, 2.75) is 64.8 Å². The maximum atomic E-state index is 11.9. The Bertz CT molecular complexity index is 260. The van der Waals surface area contributed by atoms with Crippen LogP contribution in [0.5, 0.6) is 0 Å². The quantitative estimate of drug-likeness (QED) is 0.577. The van der Waals surface area contributed by atoms with Gasteiger partial charge in [0.2, 0.25) is 5.91 Å². The Kier molecular flexibility index (Phi) is 8.86. The molecule has 3 N–H and O–H groups in total. The average Bonchev–Trinajstić information content (AvgIpc) is 3.26.